The minimum Gasteiger partial charge on any atom is -0.473 e. The van der Waals surface area contributed by atoms with E-state index in [1.807, 2.05) is 18.2 Å². The quantitative estimate of drug-likeness (QED) is 0.402. The topological polar surface area (TPSA) is 89.3 Å². The second-order valence-corrected chi connectivity index (χ2v) is 5.39. The molecule has 0 amide bonds. The van der Waals surface area contributed by atoms with E-state index in [2.05, 4.69) is 38.1 Å². The van der Waals surface area contributed by atoms with Gasteiger partial charge in [-0.15, -0.1) is 0 Å². The number of halogens is 1. The van der Waals surface area contributed by atoms with Crippen molar-refractivity contribution >= 4 is 27.3 Å². The van der Waals surface area contributed by atoms with Crippen LogP contribution in [0.15, 0.2) is 71.7 Å². The fraction of sp³-hybridized carbons (Fsp3) is 0.0625. The fourth-order valence-electron chi connectivity index (χ4n) is 1.77. The lowest BCUT2D eigenvalue weighted by Gasteiger charge is -2.13. The molecule has 0 radical (unpaired) electrons. The minimum absolute atomic E-state index is 0.202. The average molecular weight is 391 g/mol. The monoisotopic (exact) mass is 390 g/mol. The molecule has 1 heterocycles. The van der Waals surface area contributed by atoms with E-state index >= 15 is 0 Å². The van der Waals surface area contributed by atoms with Gasteiger partial charge in [-0.2, -0.15) is 0 Å². The van der Waals surface area contributed by atoms with Crippen LogP contribution in [0.1, 0.15) is 0 Å². The van der Waals surface area contributed by atoms with Gasteiger partial charge in [0.1, 0.15) is 6.61 Å². The highest BCUT2D eigenvalue weighted by atomic mass is 79.9. The van der Waals surface area contributed by atoms with Crippen molar-refractivity contribution in [1.82, 2.24) is 4.98 Å². The molecule has 0 spiro atoms. The van der Waals surface area contributed by atoms with Crippen molar-refractivity contribution in [3.63, 3.8) is 0 Å². The molecule has 0 saturated heterocycles. The SMILES string of the molecule is C=CCOc1cc(NC(=C[N+](=O)[O-])Nc2ccccc2Br)ccn1. The Kier molecular flexibility index (Phi) is 6.32. The summed E-state index contributed by atoms with van der Waals surface area (Å²) < 4.78 is 6.13. The Morgan fingerprint density at radius 3 is 2.88 bits per heavy atom. The Morgan fingerprint density at radius 1 is 1.38 bits per heavy atom. The van der Waals surface area contributed by atoms with E-state index in [4.69, 9.17) is 4.74 Å². The van der Waals surface area contributed by atoms with Gasteiger partial charge in [0, 0.05) is 22.4 Å². The molecule has 0 aliphatic carbocycles. The van der Waals surface area contributed by atoms with Crippen molar-refractivity contribution in [2.24, 2.45) is 0 Å². The number of hydrogen-bond donors (Lipinski definition) is 2. The summed E-state index contributed by atoms with van der Waals surface area (Å²) in [5, 5.41) is 16.8. The summed E-state index contributed by atoms with van der Waals surface area (Å²) >= 11 is 3.39. The van der Waals surface area contributed by atoms with E-state index < -0.39 is 4.92 Å². The number of rotatable bonds is 8. The van der Waals surface area contributed by atoms with E-state index in [0.717, 1.165) is 10.7 Å². The molecule has 2 aromatic rings. The van der Waals surface area contributed by atoms with E-state index in [9.17, 15) is 10.1 Å². The number of nitrogens with zero attached hydrogens (tertiary/aromatic N) is 2. The first kappa shape index (κ1) is 17.5. The van der Waals surface area contributed by atoms with Crippen molar-refractivity contribution in [1.29, 1.82) is 0 Å². The van der Waals surface area contributed by atoms with E-state index in [-0.39, 0.29) is 5.82 Å². The maximum Gasteiger partial charge on any atom is 0.274 e. The molecule has 0 aliphatic rings. The molecule has 0 atom stereocenters. The maximum atomic E-state index is 10.9. The second-order valence-electron chi connectivity index (χ2n) is 4.54. The summed E-state index contributed by atoms with van der Waals surface area (Å²) in [5.41, 5.74) is 1.28. The number of benzene rings is 1. The number of nitro groups is 1. The van der Waals surface area contributed by atoms with Crippen LogP contribution < -0.4 is 15.4 Å². The van der Waals surface area contributed by atoms with Crippen molar-refractivity contribution in [3.8, 4) is 5.88 Å². The maximum absolute atomic E-state index is 10.9. The number of aromatic nitrogens is 1. The predicted molar refractivity (Wildman–Crippen MR) is 96.4 cm³/mol. The highest BCUT2D eigenvalue weighted by Crippen LogP contribution is 2.24. The third-order valence-corrected chi connectivity index (χ3v) is 3.43. The van der Waals surface area contributed by atoms with Crippen molar-refractivity contribution < 1.29 is 9.66 Å². The van der Waals surface area contributed by atoms with Crippen LogP contribution in [0.25, 0.3) is 0 Å². The van der Waals surface area contributed by atoms with Crippen LogP contribution in [0.4, 0.5) is 11.4 Å². The first-order valence-electron chi connectivity index (χ1n) is 6.92. The lowest BCUT2D eigenvalue weighted by Crippen LogP contribution is -2.12. The van der Waals surface area contributed by atoms with Gasteiger partial charge in [-0.05, 0) is 34.1 Å². The molecule has 1 aromatic carbocycles. The molecule has 8 heteroatoms. The van der Waals surface area contributed by atoms with Crippen LogP contribution >= 0.6 is 15.9 Å². The number of para-hydroxylation sites is 1. The standard InChI is InChI=1S/C16H15BrN4O3/c1-2-9-24-16-10-12(7-8-18-16)19-15(11-21(22)23)20-14-6-4-3-5-13(14)17/h2-8,10-11,20H,1,9H2,(H,18,19). The number of anilines is 2. The van der Waals surface area contributed by atoms with Crippen LogP contribution in [-0.4, -0.2) is 16.5 Å². The average Bonchev–Trinajstić information content (AvgIpc) is 2.55. The minimum atomic E-state index is -0.539. The van der Waals surface area contributed by atoms with E-state index in [1.54, 1.807) is 30.5 Å². The molecular formula is C16H15BrN4O3. The summed E-state index contributed by atoms with van der Waals surface area (Å²) in [5.74, 6) is 0.592. The van der Waals surface area contributed by atoms with Crippen molar-refractivity contribution in [2.75, 3.05) is 17.2 Å². The van der Waals surface area contributed by atoms with Crippen molar-refractivity contribution in [2.45, 2.75) is 0 Å². The summed E-state index contributed by atoms with van der Waals surface area (Å²) in [7, 11) is 0. The molecule has 24 heavy (non-hydrogen) atoms. The molecule has 0 bridgehead atoms. The van der Waals surface area contributed by atoms with Crippen LogP contribution in [-0.2, 0) is 0 Å². The van der Waals surface area contributed by atoms with Gasteiger partial charge in [0.05, 0.1) is 10.6 Å². The molecule has 2 rings (SSSR count). The summed E-state index contributed by atoms with van der Waals surface area (Å²) in [4.78, 5) is 14.4. The van der Waals surface area contributed by atoms with Gasteiger partial charge in [-0.3, -0.25) is 10.1 Å². The van der Waals surface area contributed by atoms with Crippen LogP contribution in [0.5, 0.6) is 5.88 Å². The first-order valence-corrected chi connectivity index (χ1v) is 7.71. The molecule has 0 fully saturated rings. The van der Waals surface area contributed by atoms with Gasteiger partial charge < -0.3 is 15.4 Å². The van der Waals surface area contributed by atoms with Crippen LogP contribution in [0.3, 0.4) is 0 Å². The zero-order valence-corrected chi connectivity index (χ0v) is 14.2. The molecule has 0 unspecified atom stereocenters. The van der Waals surface area contributed by atoms with Crippen LogP contribution in [0.2, 0.25) is 0 Å². The second kappa shape index (κ2) is 8.68. The highest BCUT2D eigenvalue weighted by molar-refractivity contribution is 9.10. The van der Waals surface area contributed by atoms with Gasteiger partial charge in [-0.25, -0.2) is 4.98 Å². The molecule has 124 valence electrons. The lowest BCUT2D eigenvalue weighted by atomic mass is 10.3. The molecular weight excluding hydrogens is 376 g/mol. The first-order chi connectivity index (χ1) is 11.6. The van der Waals surface area contributed by atoms with Gasteiger partial charge >= 0.3 is 0 Å². The fourth-order valence-corrected chi connectivity index (χ4v) is 2.16. The Bertz CT molecular complexity index is 764. The Hall–Kier alpha value is -2.87. The highest BCUT2D eigenvalue weighted by Gasteiger charge is 2.08. The van der Waals surface area contributed by atoms with Gasteiger partial charge in [0.25, 0.3) is 6.20 Å². The summed E-state index contributed by atoms with van der Waals surface area (Å²) in [6.07, 6.45) is 4.00. The van der Waals surface area contributed by atoms with Gasteiger partial charge in [0.2, 0.25) is 5.88 Å². The predicted octanol–water partition coefficient (Wildman–Crippen LogP) is 4.01. The number of ether oxygens (including phenoxy) is 1. The molecule has 0 aliphatic heterocycles. The molecule has 0 saturated carbocycles. The summed E-state index contributed by atoms with van der Waals surface area (Å²) in [6, 6.07) is 10.6. The summed E-state index contributed by atoms with van der Waals surface area (Å²) in [6.45, 7) is 3.89. The molecule has 1 aromatic heterocycles. The smallest absolute Gasteiger partial charge is 0.274 e. The number of nitrogens with one attached hydrogen (secondary N) is 2. The Balaban J connectivity index is 2.19. The van der Waals surface area contributed by atoms with Gasteiger partial charge in [0.15, 0.2) is 5.82 Å². The normalized spacial score (nSPS) is 10.8. The lowest BCUT2D eigenvalue weighted by molar-refractivity contribution is -0.403. The zero-order chi connectivity index (χ0) is 17.4. The van der Waals surface area contributed by atoms with E-state index in [0.29, 0.717) is 23.9 Å². The molecule has 7 nitrogen and oxygen atoms in total. The Labute approximate surface area is 147 Å². The van der Waals surface area contributed by atoms with Crippen molar-refractivity contribution in [3.05, 3.63) is 81.9 Å². The van der Waals surface area contributed by atoms with Gasteiger partial charge in [-0.1, -0.05) is 24.8 Å². The zero-order valence-electron chi connectivity index (χ0n) is 12.6. The number of hydrogen-bond acceptors (Lipinski definition) is 6. The third-order valence-electron chi connectivity index (χ3n) is 2.74. The largest absolute Gasteiger partial charge is 0.473 e. The Morgan fingerprint density at radius 2 is 2.17 bits per heavy atom. The number of pyridine rings is 1. The van der Waals surface area contributed by atoms with E-state index in [1.165, 1.54) is 0 Å². The third kappa shape index (κ3) is 5.40. The van der Waals surface area contributed by atoms with Crippen LogP contribution in [0, 0.1) is 10.1 Å². The molecule has 2 N–H and O–H groups in total.